The van der Waals surface area contributed by atoms with Gasteiger partial charge < -0.3 is 9.88 Å². The molecule has 1 N–H and O–H groups in total. The first kappa shape index (κ1) is 22.4. The second kappa shape index (κ2) is 7.94. The van der Waals surface area contributed by atoms with Gasteiger partial charge in [-0.1, -0.05) is 5.57 Å². The summed E-state index contributed by atoms with van der Waals surface area (Å²) in [6.07, 6.45) is 4.67. The number of nitriles is 1. The zero-order chi connectivity index (χ0) is 23.3. The predicted octanol–water partition coefficient (Wildman–Crippen LogP) is 3.74. The Morgan fingerprint density at radius 1 is 1.28 bits per heavy atom. The van der Waals surface area contributed by atoms with Crippen LogP contribution in [0.3, 0.4) is 0 Å². The molecule has 7 nitrogen and oxygen atoms in total. The fraction of sp³-hybridized carbons (Fsp3) is 0.429. The third-order valence-electron chi connectivity index (χ3n) is 6.34. The summed E-state index contributed by atoms with van der Waals surface area (Å²) in [4.78, 5) is 8.97. The molecule has 0 fully saturated rings. The molecule has 4 rings (SSSR count). The molecule has 0 saturated carbocycles. The van der Waals surface area contributed by atoms with Gasteiger partial charge in [0.25, 0.3) is 0 Å². The number of benzene rings is 1. The molecule has 32 heavy (non-hydrogen) atoms. The lowest BCUT2D eigenvalue weighted by molar-refractivity contribution is -0.0491. The first-order chi connectivity index (χ1) is 15.0. The van der Waals surface area contributed by atoms with Crippen LogP contribution >= 0.6 is 0 Å². The van der Waals surface area contributed by atoms with Gasteiger partial charge in [-0.25, -0.2) is 13.4 Å². The number of fused-ring (bicyclic) bond motifs is 1. The number of allylic oxidation sites excluding steroid dienone is 1. The normalized spacial score (nSPS) is 19.9. The first-order valence-corrected chi connectivity index (χ1v) is 11.5. The number of alkyl halides is 3. The van der Waals surface area contributed by atoms with E-state index in [0.717, 1.165) is 23.3 Å². The van der Waals surface area contributed by atoms with Crippen molar-refractivity contribution in [3.8, 4) is 6.07 Å². The van der Waals surface area contributed by atoms with Crippen molar-refractivity contribution in [2.75, 3.05) is 11.4 Å². The Morgan fingerprint density at radius 3 is 2.56 bits per heavy atom. The van der Waals surface area contributed by atoms with Crippen LogP contribution in [0.25, 0.3) is 0 Å². The first-order valence-electron chi connectivity index (χ1n) is 10.1. The Labute approximate surface area is 184 Å². The number of anilines is 1. The average molecular weight is 466 g/mol. The minimum atomic E-state index is -5.57. The smallest absolute Gasteiger partial charge is 0.357 e. The van der Waals surface area contributed by atoms with E-state index in [1.807, 2.05) is 17.9 Å². The average Bonchev–Trinajstić information content (AvgIpc) is 3.17. The number of H-pyrrole nitrogens is 1. The van der Waals surface area contributed by atoms with Crippen LogP contribution in [-0.4, -0.2) is 40.8 Å². The van der Waals surface area contributed by atoms with Crippen LogP contribution in [0.1, 0.15) is 42.1 Å². The summed E-state index contributed by atoms with van der Waals surface area (Å²) < 4.78 is 66.2. The largest absolute Gasteiger partial charge is 0.511 e. The zero-order valence-electron chi connectivity index (χ0n) is 17.6. The minimum Gasteiger partial charge on any atom is -0.357 e. The molecule has 1 unspecified atom stereocenters. The maximum absolute atomic E-state index is 13.6. The molecule has 0 saturated heterocycles. The molecule has 1 aliphatic carbocycles. The molecule has 1 aromatic carbocycles. The van der Waals surface area contributed by atoms with Crippen molar-refractivity contribution in [1.29, 1.82) is 5.26 Å². The Balaban J connectivity index is 1.93. The molecule has 0 amide bonds. The molecule has 2 aliphatic rings. The lowest BCUT2D eigenvalue weighted by Crippen LogP contribution is -2.48. The number of sulfonamides is 1. The second-order valence-electron chi connectivity index (χ2n) is 8.12. The third kappa shape index (κ3) is 3.67. The highest BCUT2D eigenvalue weighted by Gasteiger charge is 2.52. The van der Waals surface area contributed by atoms with Crippen molar-refractivity contribution in [3.63, 3.8) is 0 Å². The van der Waals surface area contributed by atoms with Crippen LogP contribution in [-0.2, 0) is 23.1 Å². The summed E-state index contributed by atoms with van der Waals surface area (Å²) in [5.74, 6) is 0. The predicted molar refractivity (Wildman–Crippen MR) is 112 cm³/mol. The number of hydrogen-bond acceptors (Lipinski definition) is 5. The van der Waals surface area contributed by atoms with Gasteiger partial charge in [-0.2, -0.15) is 22.7 Å². The van der Waals surface area contributed by atoms with Crippen molar-refractivity contribution >= 4 is 15.7 Å². The molecule has 0 spiro atoms. The summed E-state index contributed by atoms with van der Waals surface area (Å²) in [5.41, 5.74) is -0.879. The maximum Gasteiger partial charge on any atom is 0.511 e. The monoisotopic (exact) mass is 465 g/mol. The summed E-state index contributed by atoms with van der Waals surface area (Å²) in [5, 5.41) is 9.44. The van der Waals surface area contributed by atoms with Crippen LogP contribution < -0.4 is 4.90 Å². The molecule has 11 heteroatoms. The summed E-state index contributed by atoms with van der Waals surface area (Å²) in [7, 11) is -5.57. The van der Waals surface area contributed by atoms with Gasteiger partial charge in [0.15, 0.2) is 0 Å². The standard InChI is InChI=1S/C21H22F3N5O2S/c1-13-3-5-17(13)20-11-28(32(30,31)21(22,23)24)10-18-14(2)15(7-25)4-6-19(18)29(20)9-16-8-26-12-27-16/h4,6,8,12,20H,3,5,9-11H2,1-2H3,(H,26,27). The third-order valence-corrected chi connectivity index (χ3v) is 7.88. The van der Waals surface area contributed by atoms with Gasteiger partial charge in [-0.05, 0) is 55.5 Å². The van der Waals surface area contributed by atoms with E-state index in [1.54, 1.807) is 25.3 Å². The summed E-state index contributed by atoms with van der Waals surface area (Å²) in [6.45, 7) is 3.07. The quantitative estimate of drug-likeness (QED) is 0.695. The molecular weight excluding hydrogens is 443 g/mol. The van der Waals surface area contributed by atoms with E-state index in [-0.39, 0.29) is 6.54 Å². The van der Waals surface area contributed by atoms with Gasteiger partial charge >= 0.3 is 15.5 Å². The Kier molecular flexibility index (Phi) is 5.55. The SMILES string of the molecule is CC1=C(C2CN(S(=O)(=O)C(F)(F)F)Cc3c(ccc(C#N)c3C)N2Cc2cnc[nH]2)CC1. The summed E-state index contributed by atoms with van der Waals surface area (Å²) >= 11 is 0. The fourth-order valence-corrected chi connectivity index (χ4v) is 5.31. The van der Waals surface area contributed by atoms with Gasteiger partial charge in [0.2, 0.25) is 0 Å². The van der Waals surface area contributed by atoms with Crippen molar-refractivity contribution in [2.45, 2.75) is 51.3 Å². The number of nitrogens with zero attached hydrogens (tertiary/aromatic N) is 4. The van der Waals surface area contributed by atoms with E-state index in [9.17, 15) is 26.9 Å². The topological polar surface area (TPSA) is 93.1 Å². The highest BCUT2D eigenvalue weighted by molar-refractivity contribution is 7.89. The van der Waals surface area contributed by atoms with Crippen molar-refractivity contribution in [2.24, 2.45) is 0 Å². The number of imidazole rings is 1. The van der Waals surface area contributed by atoms with E-state index in [0.29, 0.717) is 39.6 Å². The molecule has 2 aromatic rings. The number of hydrogen-bond donors (Lipinski definition) is 1. The van der Waals surface area contributed by atoms with Crippen LogP contribution in [0, 0.1) is 18.3 Å². The van der Waals surface area contributed by atoms with Crippen molar-refractivity contribution < 1.29 is 21.6 Å². The van der Waals surface area contributed by atoms with E-state index in [2.05, 4.69) is 9.97 Å². The molecule has 1 atom stereocenters. The molecule has 0 radical (unpaired) electrons. The van der Waals surface area contributed by atoms with Gasteiger partial charge in [0.05, 0.1) is 36.2 Å². The maximum atomic E-state index is 13.6. The Hall–Kier alpha value is -2.84. The van der Waals surface area contributed by atoms with E-state index in [1.165, 1.54) is 6.33 Å². The lowest BCUT2D eigenvalue weighted by atomic mass is 9.83. The van der Waals surface area contributed by atoms with Gasteiger partial charge in [-0.15, -0.1) is 0 Å². The van der Waals surface area contributed by atoms with E-state index < -0.39 is 28.1 Å². The van der Waals surface area contributed by atoms with Crippen LogP contribution in [0.4, 0.5) is 18.9 Å². The number of halogens is 3. The van der Waals surface area contributed by atoms with Gasteiger partial charge in [0, 0.05) is 25.0 Å². The fourth-order valence-electron chi connectivity index (χ4n) is 4.38. The lowest BCUT2D eigenvalue weighted by Gasteiger charge is -2.39. The highest BCUT2D eigenvalue weighted by atomic mass is 32.2. The number of rotatable bonds is 4. The molecule has 170 valence electrons. The zero-order valence-corrected chi connectivity index (χ0v) is 18.4. The Morgan fingerprint density at radius 2 is 2.03 bits per heavy atom. The number of aromatic nitrogens is 2. The minimum absolute atomic E-state index is 0.298. The molecule has 0 bridgehead atoms. The van der Waals surface area contributed by atoms with Gasteiger partial charge in [-0.3, -0.25) is 0 Å². The van der Waals surface area contributed by atoms with E-state index >= 15 is 0 Å². The number of aromatic amines is 1. The van der Waals surface area contributed by atoms with E-state index in [4.69, 9.17) is 0 Å². The highest BCUT2D eigenvalue weighted by Crippen LogP contribution is 2.41. The molecule has 1 aromatic heterocycles. The van der Waals surface area contributed by atoms with Gasteiger partial charge in [0.1, 0.15) is 0 Å². The van der Waals surface area contributed by atoms with Crippen LogP contribution in [0.2, 0.25) is 0 Å². The van der Waals surface area contributed by atoms with Crippen LogP contribution in [0.15, 0.2) is 35.8 Å². The Bertz CT molecular complexity index is 1210. The van der Waals surface area contributed by atoms with Crippen LogP contribution in [0.5, 0.6) is 0 Å². The molecule has 1 aliphatic heterocycles. The second-order valence-corrected chi connectivity index (χ2v) is 10.0. The summed E-state index contributed by atoms with van der Waals surface area (Å²) in [6, 6.07) is 4.79. The molecule has 2 heterocycles. The van der Waals surface area contributed by atoms with Crippen molar-refractivity contribution in [1.82, 2.24) is 14.3 Å². The molecular formula is C21H22F3N5O2S. The number of nitrogens with one attached hydrogen (secondary N) is 1. The van der Waals surface area contributed by atoms with Crippen molar-refractivity contribution in [3.05, 3.63) is 58.2 Å².